The molecular formula is C18H15BrClNO3S. The van der Waals surface area contributed by atoms with Crippen LogP contribution in [0.1, 0.15) is 5.69 Å². The third kappa shape index (κ3) is 4.08. The summed E-state index contributed by atoms with van der Waals surface area (Å²) < 4.78 is 17.5. The molecular weight excluding hydrogens is 426 g/mol. The van der Waals surface area contributed by atoms with Crippen LogP contribution in [0.2, 0.25) is 5.02 Å². The Morgan fingerprint density at radius 3 is 2.68 bits per heavy atom. The molecule has 1 aromatic heterocycles. The van der Waals surface area contributed by atoms with E-state index in [-0.39, 0.29) is 0 Å². The predicted octanol–water partition coefficient (Wildman–Crippen LogP) is 5.82. The van der Waals surface area contributed by atoms with E-state index in [1.54, 1.807) is 20.3 Å². The van der Waals surface area contributed by atoms with Crippen molar-refractivity contribution in [1.29, 1.82) is 0 Å². The SMILES string of the molecule is COc1cccc(-c2nc(COc3ccc(Br)cc3Cl)cs2)c1OC. The van der Waals surface area contributed by atoms with Gasteiger partial charge in [0.1, 0.15) is 17.4 Å². The van der Waals surface area contributed by atoms with Gasteiger partial charge in [-0.1, -0.05) is 33.6 Å². The monoisotopic (exact) mass is 439 g/mol. The second-order valence-corrected chi connectivity index (χ2v) is 7.23. The summed E-state index contributed by atoms with van der Waals surface area (Å²) in [6.07, 6.45) is 0. The standard InChI is InChI=1S/C18H15BrClNO3S/c1-22-16-5-3-4-13(17(16)23-2)18-21-12(10-25-18)9-24-15-7-6-11(19)8-14(15)20/h3-8,10H,9H2,1-2H3. The van der Waals surface area contributed by atoms with Gasteiger partial charge in [0, 0.05) is 9.85 Å². The van der Waals surface area contributed by atoms with Gasteiger partial charge in [0.05, 0.1) is 30.5 Å². The molecule has 3 aromatic rings. The fourth-order valence-corrected chi connectivity index (χ4v) is 3.85. The van der Waals surface area contributed by atoms with Crippen molar-refractivity contribution in [3.63, 3.8) is 0 Å². The lowest BCUT2D eigenvalue weighted by Crippen LogP contribution is -1.97. The van der Waals surface area contributed by atoms with E-state index >= 15 is 0 Å². The van der Waals surface area contributed by atoms with E-state index in [0.29, 0.717) is 28.9 Å². The third-order valence-electron chi connectivity index (χ3n) is 3.45. The van der Waals surface area contributed by atoms with Crippen molar-refractivity contribution in [3.05, 3.63) is 57.0 Å². The molecule has 0 amide bonds. The normalized spacial score (nSPS) is 10.6. The summed E-state index contributed by atoms with van der Waals surface area (Å²) >= 11 is 11.1. The molecule has 0 bridgehead atoms. The highest BCUT2D eigenvalue weighted by molar-refractivity contribution is 9.10. The molecule has 3 rings (SSSR count). The molecule has 0 saturated carbocycles. The van der Waals surface area contributed by atoms with Crippen LogP contribution in [0.3, 0.4) is 0 Å². The minimum Gasteiger partial charge on any atom is -0.493 e. The van der Waals surface area contributed by atoms with Crippen LogP contribution in [-0.4, -0.2) is 19.2 Å². The predicted molar refractivity (Wildman–Crippen MR) is 104 cm³/mol. The molecule has 0 aliphatic rings. The minimum atomic E-state index is 0.337. The highest BCUT2D eigenvalue weighted by Gasteiger charge is 2.15. The summed E-state index contributed by atoms with van der Waals surface area (Å²) in [4.78, 5) is 4.63. The summed E-state index contributed by atoms with van der Waals surface area (Å²) in [7, 11) is 3.24. The maximum Gasteiger partial charge on any atom is 0.170 e. The second kappa shape index (κ2) is 8.08. The van der Waals surface area contributed by atoms with Gasteiger partial charge in [0.2, 0.25) is 0 Å². The molecule has 0 N–H and O–H groups in total. The number of ether oxygens (including phenoxy) is 3. The first-order chi connectivity index (χ1) is 12.1. The zero-order chi connectivity index (χ0) is 17.8. The number of para-hydroxylation sites is 1. The van der Waals surface area contributed by atoms with Crippen LogP contribution in [0.15, 0.2) is 46.3 Å². The highest BCUT2D eigenvalue weighted by atomic mass is 79.9. The molecule has 0 aliphatic carbocycles. The average Bonchev–Trinajstić information content (AvgIpc) is 3.09. The zero-order valence-corrected chi connectivity index (χ0v) is 16.7. The van der Waals surface area contributed by atoms with E-state index in [9.17, 15) is 0 Å². The van der Waals surface area contributed by atoms with E-state index in [4.69, 9.17) is 25.8 Å². The van der Waals surface area contributed by atoms with E-state index in [1.165, 1.54) is 11.3 Å². The molecule has 7 heteroatoms. The van der Waals surface area contributed by atoms with Crippen molar-refractivity contribution in [2.24, 2.45) is 0 Å². The Labute approximate surface area is 163 Å². The molecule has 0 unspecified atom stereocenters. The summed E-state index contributed by atoms with van der Waals surface area (Å²) in [6.45, 7) is 0.337. The Morgan fingerprint density at radius 2 is 1.96 bits per heavy atom. The Morgan fingerprint density at radius 1 is 1.12 bits per heavy atom. The Hall–Kier alpha value is -1.76. The Balaban J connectivity index is 1.79. The number of benzene rings is 2. The summed E-state index contributed by atoms with van der Waals surface area (Å²) in [6, 6.07) is 11.2. The summed E-state index contributed by atoms with van der Waals surface area (Å²) in [5.41, 5.74) is 1.71. The maximum atomic E-state index is 6.17. The fourth-order valence-electron chi connectivity index (χ4n) is 2.30. The quantitative estimate of drug-likeness (QED) is 0.484. The maximum absolute atomic E-state index is 6.17. The molecule has 2 aromatic carbocycles. The van der Waals surface area contributed by atoms with Crippen molar-refractivity contribution < 1.29 is 14.2 Å². The number of hydrogen-bond acceptors (Lipinski definition) is 5. The Kier molecular flexibility index (Phi) is 5.83. The number of thiazole rings is 1. The lowest BCUT2D eigenvalue weighted by Gasteiger charge is -2.10. The molecule has 0 atom stereocenters. The van der Waals surface area contributed by atoms with Gasteiger partial charge in [-0.25, -0.2) is 4.98 Å². The van der Waals surface area contributed by atoms with Gasteiger partial charge in [0.15, 0.2) is 11.5 Å². The number of hydrogen-bond donors (Lipinski definition) is 0. The van der Waals surface area contributed by atoms with Crippen LogP contribution in [0.25, 0.3) is 10.6 Å². The number of methoxy groups -OCH3 is 2. The van der Waals surface area contributed by atoms with Gasteiger partial charge in [-0.15, -0.1) is 11.3 Å². The van der Waals surface area contributed by atoms with Crippen LogP contribution in [-0.2, 0) is 6.61 Å². The third-order valence-corrected chi connectivity index (χ3v) is 5.17. The minimum absolute atomic E-state index is 0.337. The van der Waals surface area contributed by atoms with E-state index in [0.717, 1.165) is 20.7 Å². The molecule has 0 radical (unpaired) electrons. The van der Waals surface area contributed by atoms with Crippen LogP contribution >= 0.6 is 38.9 Å². The lowest BCUT2D eigenvalue weighted by atomic mass is 10.2. The van der Waals surface area contributed by atoms with E-state index in [1.807, 2.05) is 35.7 Å². The fraction of sp³-hybridized carbons (Fsp3) is 0.167. The van der Waals surface area contributed by atoms with Gasteiger partial charge in [0.25, 0.3) is 0 Å². The molecule has 0 spiro atoms. The van der Waals surface area contributed by atoms with Gasteiger partial charge in [-0.2, -0.15) is 0 Å². The van der Waals surface area contributed by atoms with Gasteiger partial charge < -0.3 is 14.2 Å². The molecule has 1 heterocycles. The second-order valence-electron chi connectivity index (χ2n) is 5.05. The number of halogens is 2. The first-order valence-electron chi connectivity index (χ1n) is 7.36. The van der Waals surface area contributed by atoms with Crippen LogP contribution in [0, 0.1) is 0 Å². The van der Waals surface area contributed by atoms with E-state index in [2.05, 4.69) is 20.9 Å². The van der Waals surface area contributed by atoms with Gasteiger partial charge in [-0.3, -0.25) is 0 Å². The molecule has 4 nitrogen and oxygen atoms in total. The van der Waals surface area contributed by atoms with Crippen LogP contribution < -0.4 is 14.2 Å². The van der Waals surface area contributed by atoms with Crippen LogP contribution in [0.5, 0.6) is 17.2 Å². The molecule has 130 valence electrons. The summed E-state index contributed by atoms with van der Waals surface area (Å²) in [5.74, 6) is 1.97. The smallest absolute Gasteiger partial charge is 0.170 e. The van der Waals surface area contributed by atoms with Crippen LogP contribution in [0.4, 0.5) is 0 Å². The first kappa shape index (κ1) is 18.0. The molecule has 0 fully saturated rings. The van der Waals surface area contributed by atoms with Gasteiger partial charge in [-0.05, 0) is 30.3 Å². The van der Waals surface area contributed by atoms with E-state index < -0.39 is 0 Å². The van der Waals surface area contributed by atoms with Crippen molar-refractivity contribution in [2.75, 3.05) is 14.2 Å². The van der Waals surface area contributed by atoms with Crippen molar-refractivity contribution in [2.45, 2.75) is 6.61 Å². The van der Waals surface area contributed by atoms with Crippen molar-refractivity contribution in [1.82, 2.24) is 4.98 Å². The summed E-state index contributed by atoms with van der Waals surface area (Å²) in [5, 5.41) is 3.36. The van der Waals surface area contributed by atoms with Crippen molar-refractivity contribution >= 4 is 38.9 Å². The average molecular weight is 441 g/mol. The topological polar surface area (TPSA) is 40.6 Å². The molecule has 25 heavy (non-hydrogen) atoms. The zero-order valence-electron chi connectivity index (χ0n) is 13.6. The number of rotatable bonds is 6. The highest BCUT2D eigenvalue weighted by Crippen LogP contribution is 2.39. The van der Waals surface area contributed by atoms with Gasteiger partial charge >= 0.3 is 0 Å². The molecule has 0 aliphatic heterocycles. The molecule has 0 saturated heterocycles. The lowest BCUT2D eigenvalue weighted by molar-refractivity contribution is 0.302. The largest absolute Gasteiger partial charge is 0.493 e. The number of aromatic nitrogens is 1. The van der Waals surface area contributed by atoms with Crippen molar-refractivity contribution in [3.8, 4) is 27.8 Å². The Bertz CT molecular complexity index is 885. The first-order valence-corrected chi connectivity index (χ1v) is 9.41. The number of nitrogens with zero attached hydrogens (tertiary/aromatic N) is 1.